The maximum atomic E-state index is 12.2. The Kier molecular flexibility index (Phi) is 3.91. The third-order valence-electron chi connectivity index (χ3n) is 2.20. The number of hydrogen-bond acceptors (Lipinski definition) is 6. The molecular weight excluding hydrogens is 266 g/mol. The van der Waals surface area contributed by atoms with E-state index in [1.54, 1.807) is 18.2 Å². The molecule has 0 spiro atoms. The zero-order valence-electron chi connectivity index (χ0n) is 10.2. The van der Waals surface area contributed by atoms with E-state index in [1.165, 1.54) is 18.5 Å². The second kappa shape index (κ2) is 5.61. The monoisotopic (exact) mass is 279 g/mol. The fourth-order valence-electron chi connectivity index (χ4n) is 1.47. The first-order valence-corrected chi connectivity index (χ1v) is 7.11. The van der Waals surface area contributed by atoms with Crippen LogP contribution in [0.5, 0.6) is 0 Å². The van der Waals surface area contributed by atoms with E-state index in [4.69, 9.17) is 0 Å². The number of hydrogen-bond donors (Lipinski definition) is 2. The van der Waals surface area contributed by atoms with Gasteiger partial charge in [0.2, 0.25) is 0 Å². The number of anilines is 2. The van der Waals surface area contributed by atoms with Crippen molar-refractivity contribution in [3.63, 3.8) is 0 Å². The minimum Gasteiger partial charge on any atom is -0.383 e. The predicted octanol–water partition coefficient (Wildman–Crippen LogP) is 1.10. The predicted molar refractivity (Wildman–Crippen MR) is 71.2 cm³/mol. The van der Waals surface area contributed by atoms with Gasteiger partial charge in [-0.25, -0.2) is 4.98 Å². The van der Waals surface area contributed by atoms with E-state index in [0.717, 1.165) is 0 Å². The average Bonchev–Trinajstić information content (AvgIpc) is 2.40. The first-order chi connectivity index (χ1) is 9.13. The summed E-state index contributed by atoms with van der Waals surface area (Å²) in [6.45, 7) is 2.47. The second-order valence-electron chi connectivity index (χ2n) is 3.60. The van der Waals surface area contributed by atoms with Gasteiger partial charge in [0.15, 0.2) is 10.8 Å². The van der Waals surface area contributed by atoms with Crippen molar-refractivity contribution in [2.45, 2.75) is 11.9 Å². The molecule has 0 unspecified atom stereocenters. The Balaban J connectivity index is 2.35. The molecule has 0 aliphatic heterocycles. The maximum absolute atomic E-state index is 12.2. The molecule has 0 saturated heterocycles. The van der Waals surface area contributed by atoms with Gasteiger partial charge in [0.25, 0.3) is 10.0 Å². The Morgan fingerprint density at radius 3 is 2.68 bits per heavy atom. The lowest BCUT2D eigenvalue weighted by Crippen LogP contribution is -2.17. The highest BCUT2D eigenvalue weighted by atomic mass is 32.2. The van der Waals surface area contributed by atoms with Gasteiger partial charge >= 0.3 is 0 Å². The molecule has 0 aliphatic rings. The molecule has 0 radical (unpaired) electrons. The normalized spacial score (nSPS) is 11.0. The average molecular weight is 279 g/mol. The Morgan fingerprint density at radius 2 is 2.00 bits per heavy atom. The molecule has 0 bridgehead atoms. The van der Waals surface area contributed by atoms with E-state index in [0.29, 0.717) is 12.2 Å². The van der Waals surface area contributed by atoms with Crippen molar-refractivity contribution in [2.24, 2.45) is 0 Å². The number of nitrogens with zero attached hydrogens (tertiary/aromatic N) is 3. The molecule has 7 nitrogen and oxygen atoms in total. The van der Waals surface area contributed by atoms with Crippen LogP contribution in [0.15, 0.2) is 41.7 Å². The molecule has 2 heterocycles. The van der Waals surface area contributed by atoms with Crippen molar-refractivity contribution in [3.8, 4) is 0 Å². The first kappa shape index (κ1) is 13.2. The minimum atomic E-state index is -3.79. The molecule has 0 atom stereocenters. The summed E-state index contributed by atoms with van der Waals surface area (Å²) in [5.41, 5.74) is 0.446. The van der Waals surface area contributed by atoms with E-state index in [9.17, 15) is 8.42 Å². The van der Waals surface area contributed by atoms with Crippen molar-refractivity contribution in [1.82, 2.24) is 15.2 Å². The van der Waals surface area contributed by atoms with E-state index < -0.39 is 10.0 Å². The third kappa shape index (κ3) is 3.16. The molecule has 2 rings (SSSR count). The number of rotatable bonds is 5. The molecule has 2 aromatic heterocycles. The molecule has 0 aromatic carbocycles. The molecular formula is C11H13N5O2S. The number of pyridine rings is 1. The Hall–Kier alpha value is -2.22. The molecule has 100 valence electrons. The fraction of sp³-hybridized carbons (Fsp3) is 0.182. The molecule has 2 aromatic rings. The van der Waals surface area contributed by atoms with Crippen LogP contribution < -0.4 is 10.0 Å². The quantitative estimate of drug-likeness (QED) is 0.850. The minimum absolute atomic E-state index is 0.0671. The lowest BCUT2D eigenvalue weighted by molar-refractivity contribution is 0.597. The molecule has 2 N–H and O–H groups in total. The lowest BCUT2D eigenvalue weighted by atomic mass is 10.4. The number of sulfonamides is 1. The van der Waals surface area contributed by atoms with Crippen molar-refractivity contribution in [3.05, 3.63) is 36.7 Å². The number of nitrogens with one attached hydrogen (secondary N) is 2. The summed E-state index contributed by atoms with van der Waals surface area (Å²) < 4.78 is 26.8. The van der Waals surface area contributed by atoms with Crippen LogP contribution in [0.4, 0.5) is 11.5 Å². The van der Waals surface area contributed by atoms with E-state index in [-0.39, 0.29) is 10.8 Å². The van der Waals surface area contributed by atoms with Crippen molar-refractivity contribution >= 4 is 21.5 Å². The Bertz CT molecular complexity index is 645. The van der Waals surface area contributed by atoms with Crippen LogP contribution >= 0.6 is 0 Å². The van der Waals surface area contributed by atoms with Gasteiger partial charge in [-0.05, 0) is 31.2 Å². The summed E-state index contributed by atoms with van der Waals surface area (Å²) >= 11 is 0. The van der Waals surface area contributed by atoms with Crippen molar-refractivity contribution in [1.29, 1.82) is 0 Å². The highest BCUT2D eigenvalue weighted by Gasteiger charge is 2.20. The molecule has 0 fully saturated rings. The van der Waals surface area contributed by atoms with Crippen LogP contribution in [0.25, 0.3) is 0 Å². The largest absolute Gasteiger partial charge is 0.383 e. The second-order valence-corrected chi connectivity index (χ2v) is 5.20. The fourth-order valence-corrected chi connectivity index (χ4v) is 2.58. The van der Waals surface area contributed by atoms with E-state index in [1.807, 2.05) is 6.92 Å². The Morgan fingerprint density at radius 1 is 1.21 bits per heavy atom. The summed E-state index contributed by atoms with van der Waals surface area (Å²) in [5.74, 6) is 0.149. The van der Waals surface area contributed by atoms with Crippen molar-refractivity contribution in [2.75, 3.05) is 16.6 Å². The number of aromatic nitrogens is 3. The molecule has 0 aliphatic carbocycles. The summed E-state index contributed by atoms with van der Waals surface area (Å²) in [7, 11) is -3.79. The van der Waals surface area contributed by atoms with Crippen LogP contribution in [-0.4, -0.2) is 30.1 Å². The SMILES string of the molecule is CCNc1cccnc1S(=O)(=O)Nc1cccnn1. The van der Waals surface area contributed by atoms with Gasteiger partial charge < -0.3 is 5.32 Å². The van der Waals surface area contributed by atoms with Gasteiger partial charge in [0.05, 0.1) is 5.69 Å². The maximum Gasteiger partial charge on any atom is 0.282 e. The molecule has 8 heteroatoms. The van der Waals surface area contributed by atoms with Crippen molar-refractivity contribution < 1.29 is 8.42 Å². The summed E-state index contributed by atoms with van der Waals surface area (Å²) in [5, 5.41) is 10.2. The molecule has 0 amide bonds. The zero-order chi connectivity index (χ0) is 13.7. The summed E-state index contributed by atoms with van der Waals surface area (Å²) in [4.78, 5) is 3.90. The van der Waals surface area contributed by atoms with Gasteiger partial charge in [-0.2, -0.15) is 13.5 Å². The van der Waals surface area contributed by atoms with E-state index in [2.05, 4.69) is 25.2 Å². The summed E-state index contributed by atoms with van der Waals surface area (Å²) in [6.07, 6.45) is 2.88. The van der Waals surface area contributed by atoms with Crippen LogP contribution in [0.3, 0.4) is 0 Å². The van der Waals surface area contributed by atoms with Gasteiger partial charge in [0, 0.05) is 18.9 Å². The van der Waals surface area contributed by atoms with E-state index >= 15 is 0 Å². The van der Waals surface area contributed by atoms with Crippen LogP contribution in [0, 0.1) is 0 Å². The topological polar surface area (TPSA) is 96.9 Å². The van der Waals surface area contributed by atoms with Gasteiger partial charge in [-0.1, -0.05) is 0 Å². The first-order valence-electron chi connectivity index (χ1n) is 5.63. The van der Waals surface area contributed by atoms with Gasteiger partial charge in [0.1, 0.15) is 0 Å². The third-order valence-corrected chi connectivity index (χ3v) is 3.52. The standard InChI is InChI=1S/C11H13N5O2S/c1-2-12-9-5-3-7-13-11(9)19(17,18)16-10-6-4-8-14-15-10/h3-8,12H,2H2,1H3,(H,15,16). The smallest absolute Gasteiger partial charge is 0.282 e. The zero-order valence-corrected chi connectivity index (χ0v) is 11.1. The summed E-state index contributed by atoms with van der Waals surface area (Å²) in [6, 6.07) is 6.43. The van der Waals surface area contributed by atoms with Crippen LogP contribution in [0.2, 0.25) is 0 Å². The lowest BCUT2D eigenvalue weighted by Gasteiger charge is -2.10. The molecule has 0 saturated carbocycles. The molecule has 19 heavy (non-hydrogen) atoms. The van der Waals surface area contributed by atoms with Gasteiger partial charge in [-0.3, -0.25) is 4.72 Å². The van der Waals surface area contributed by atoms with Crippen LogP contribution in [0.1, 0.15) is 6.92 Å². The van der Waals surface area contributed by atoms with Gasteiger partial charge in [-0.15, -0.1) is 5.10 Å². The highest BCUT2D eigenvalue weighted by Crippen LogP contribution is 2.19. The Labute approximate surface area is 111 Å². The highest BCUT2D eigenvalue weighted by molar-refractivity contribution is 7.92. The van der Waals surface area contributed by atoms with Crippen LogP contribution in [-0.2, 0) is 10.0 Å².